The van der Waals surface area contributed by atoms with Gasteiger partial charge >= 0.3 is 0 Å². The second-order valence-electron chi connectivity index (χ2n) is 3.25. The number of carbonyl (C=O) groups is 1. The van der Waals surface area contributed by atoms with Gasteiger partial charge in [-0.2, -0.15) is 0 Å². The molecule has 16 heavy (non-hydrogen) atoms. The normalized spacial score (nSPS) is 9.81. The van der Waals surface area contributed by atoms with Gasteiger partial charge in [-0.25, -0.2) is 0 Å². The number of thiol groups is 1. The van der Waals surface area contributed by atoms with Gasteiger partial charge in [-0.3, -0.25) is 9.78 Å². The Labute approximate surface area is 98.9 Å². The van der Waals surface area contributed by atoms with Crippen LogP contribution in [0.1, 0.15) is 10.4 Å². The van der Waals surface area contributed by atoms with E-state index in [0.717, 1.165) is 4.90 Å². The standard InChI is InChI=1S/C12H10N2OS/c15-12(9-3-1-5-11(16)7-9)14-10-4-2-6-13-8-10/h1-8,16H,(H,14,15). The Morgan fingerprint density at radius 1 is 1.25 bits per heavy atom. The molecule has 0 aliphatic heterocycles. The van der Waals surface area contributed by atoms with Gasteiger partial charge in [-0.1, -0.05) is 6.07 Å². The number of pyridine rings is 1. The van der Waals surface area contributed by atoms with E-state index < -0.39 is 0 Å². The molecule has 0 saturated heterocycles. The van der Waals surface area contributed by atoms with E-state index in [1.165, 1.54) is 0 Å². The molecule has 2 aromatic rings. The zero-order valence-electron chi connectivity index (χ0n) is 8.42. The van der Waals surface area contributed by atoms with E-state index >= 15 is 0 Å². The third-order valence-electron chi connectivity index (χ3n) is 2.03. The third kappa shape index (κ3) is 2.61. The van der Waals surface area contributed by atoms with Gasteiger partial charge in [-0.15, -0.1) is 12.6 Å². The van der Waals surface area contributed by atoms with Crippen LogP contribution in [0.15, 0.2) is 53.7 Å². The highest BCUT2D eigenvalue weighted by molar-refractivity contribution is 7.80. The van der Waals surface area contributed by atoms with Crippen molar-refractivity contribution < 1.29 is 4.79 Å². The van der Waals surface area contributed by atoms with Crippen LogP contribution in [0.5, 0.6) is 0 Å². The molecule has 3 nitrogen and oxygen atoms in total. The number of nitrogens with one attached hydrogen (secondary N) is 1. The first-order valence-electron chi connectivity index (χ1n) is 4.76. The number of anilines is 1. The SMILES string of the molecule is O=C(Nc1cccnc1)c1cccc(S)c1. The predicted octanol–water partition coefficient (Wildman–Crippen LogP) is 2.62. The molecule has 0 aliphatic carbocycles. The lowest BCUT2D eigenvalue weighted by atomic mass is 10.2. The predicted molar refractivity (Wildman–Crippen MR) is 65.9 cm³/mol. The van der Waals surface area contributed by atoms with Crippen molar-refractivity contribution in [2.45, 2.75) is 4.90 Å². The van der Waals surface area contributed by atoms with E-state index in [1.807, 2.05) is 6.07 Å². The van der Waals surface area contributed by atoms with E-state index in [2.05, 4.69) is 22.9 Å². The first-order chi connectivity index (χ1) is 7.75. The zero-order valence-corrected chi connectivity index (χ0v) is 9.32. The number of nitrogens with zero attached hydrogens (tertiary/aromatic N) is 1. The maximum Gasteiger partial charge on any atom is 0.255 e. The molecule has 1 N–H and O–H groups in total. The van der Waals surface area contributed by atoms with Crippen molar-refractivity contribution in [2.24, 2.45) is 0 Å². The van der Waals surface area contributed by atoms with Crippen molar-refractivity contribution in [1.82, 2.24) is 4.98 Å². The van der Waals surface area contributed by atoms with Crippen molar-refractivity contribution in [3.05, 3.63) is 54.4 Å². The number of hydrogen-bond donors (Lipinski definition) is 2. The molecule has 0 fully saturated rings. The van der Waals surface area contributed by atoms with Crippen LogP contribution in [0.2, 0.25) is 0 Å². The number of amides is 1. The Kier molecular flexibility index (Phi) is 3.22. The van der Waals surface area contributed by atoms with E-state index in [-0.39, 0.29) is 5.91 Å². The molecule has 0 saturated carbocycles. The van der Waals surface area contributed by atoms with Crippen LogP contribution in [-0.2, 0) is 0 Å². The average molecular weight is 230 g/mol. The van der Waals surface area contributed by atoms with Gasteiger partial charge in [0.15, 0.2) is 0 Å². The van der Waals surface area contributed by atoms with Crippen molar-refractivity contribution in [1.29, 1.82) is 0 Å². The summed E-state index contributed by atoms with van der Waals surface area (Å²) >= 11 is 4.18. The molecule has 0 spiro atoms. The highest BCUT2D eigenvalue weighted by atomic mass is 32.1. The minimum absolute atomic E-state index is 0.163. The average Bonchev–Trinajstić information content (AvgIpc) is 2.30. The maximum absolute atomic E-state index is 11.8. The summed E-state index contributed by atoms with van der Waals surface area (Å²) in [4.78, 5) is 16.5. The fourth-order valence-corrected chi connectivity index (χ4v) is 1.51. The Hall–Kier alpha value is -1.81. The van der Waals surface area contributed by atoms with E-state index in [9.17, 15) is 4.79 Å². The number of benzene rings is 1. The summed E-state index contributed by atoms with van der Waals surface area (Å²) in [5.41, 5.74) is 1.26. The summed E-state index contributed by atoms with van der Waals surface area (Å²) in [6, 6.07) is 10.6. The van der Waals surface area contributed by atoms with Crippen LogP contribution < -0.4 is 5.32 Å². The van der Waals surface area contributed by atoms with Gasteiger partial charge in [-0.05, 0) is 30.3 Å². The Morgan fingerprint density at radius 3 is 2.81 bits per heavy atom. The summed E-state index contributed by atoms with van der Waals surface area (Å²) in [6.45, 7) is 0. The lowest BCUT2D eigenvalue weighted by molar-refractivity contribution is 0.102. The van der Waals surface area contributed by atoms with Crippen LogP contribution >= 0.6 is 12.6 Å². The molecule has 0 radical (unpaired) electrons. The largest absolute Gasteiger partial charge is 0.321 e. The Bertz CT molecular complexity index is 499. The lowest BCUT2D eigenvalue weighted by Gasteiger charge is -2.04. The summed E-state index contributed by atoms with van der Waals surface area (Å²) in [7, 11) is 0. The quantitative estimate of drug-likeness (QED) is 0.779. The fourth-order valence-electron chi connectivity index (χ4n) is 1.29. The fraction of sp³-hybridized carbons (Fsp3) is 0. The van der Waals surface area contributed by atoms with Gasteiger partial charge in [0.2, 0.25) is 0 Å². The molecule has 0 atom stereocenters. The van der Waals surface area contributed by atoms with Gasteiger partial charge in [0, 0.05) is 16.7 Å². The van der Waals surface area contributed by atoms with Gasteiger partial charge < -0.3 is 5.32 Å². The van der Waals surface area contributed by atoms with Crippen molar-refractivity contribution in [3.8, 4) is 0 Å². The monoisotopic (exact) mass is 230 g/mol. The smallest absolute Gasteiger partial charge is 0.255 e. The summed E-state index contributed by atoms with van der Waals surface area (Å²) in [5.74, 6) is -0.163. The maximum atomic E-state index is 11.8. The molecule has 1 heterocycles. The van der Waals surface area contributed by atoms with Crippen LogP contribution in [-0.4, -0.2) is 10.9 Å². The molecule has 2 rings (SSSR count). The molecular formula is C12H10N2OS. The highest BCUT2D eigenvalue weighted by Gasteiger charge is 2.05. The van der Waals surface area contributed by atoms with Crippen molar-refractivity contribution in [3.63, 3.8) is 0 Å². The zero-order chi connectivity index (χ0) is 11.4. The second-order valence-corrected chi connectivity index (χ2v) is 3.76. The molecule has 0 aliphatic rings. The molecule has 0 bridgehead atoms. The third-order valence-corrected chi connectivity index (χ3v) is 2.31. The first kappa shape index (κ1) is 10.7. The molecule has 4 heteroatoms. The number of carbonyl (C=O) groups excluding carboxylic acids is 1. The first-order valence-corrected chi connectivity index (χ1v) is 5.21. The second kappa shape index (κ2) is 4.81. The molecule has 1 aromatic carbocycles. The Morgan fingerprint density at radius 2 is 2.12 bits per heavy atom. The summed E-state index contributed by atoms with van der Waals surface area (Å²) in [6.07, 6.45) is 3.26. The topological polar surface area (TPSA) is 42.0 Å². The number of aromatic nitrogens is 1. The molecule has 1 aromatic heterocycles. The summed E-state index contributed by atoms with van der Waals surface area (Å²) < 4.78 is 0. The van der Waals surface area contributed by atoms with Gasteiger partial charge in [0.1, 0.15) is 0 Å². The van der Waals surface area contributed by atoms with Crippen LogP contribution in [0.25, 0.3) is 0 Å². The minimum atomic E-state index is -0.163. The van der Waals surface area contributed by atoms with E-state index in [0.29, 0.717) is 11.3 Å². The van der Waals surface area contributed by atoms with Gasteiger partial charge in [0.05, 0.1) is 11.9 Å². The number of hydrogen-bond acceptors (Lipinski definition) is 3. The van der Waals surface area contributed by atoms with Crippen LogP contribution in [0.4, 0.5) is 5.69 Å². The van der Waals surface area contributed by atoms with E-state index in [4.69, 9.17) is 0 Å². The van der Waals surface area contributed by atoms with Crippen LogP contribution in [0.3, 0.4) is 0 Å². The molecule has 80 valence electrons. The van der Waals surface area contributed by atoms with E-state index in [1.54, 1.807) is 42.7 Å². The minimum Gasteiger partial charge on any atom is -0.321 e. The molecule has 0 unspecified atom stereocenters. The Balaban J connectivity index is 2.15. The number of rotatable bonds is 2. The molecule has 1 amide bonds. The van der Waals surface area contributed by atoms with Crippen LogP contribution in [0, 0.1) is 0 Å². The molecular weight excluding hydrogens is 220 g/mol. The van der Waals surface area contributed by atoms with Gasteiger partial charge in [0.25, 0.3) is 5.91 Å². The van der Waals surface area contributed by atoms with Crippen molar-refractivity contribution in [2.75, 3.05) is 5.32 Å². The van der Waals surface area contributed by atoms with Crippen molar-refractivity contribution >= 4 is 24.2 Å². The lowest BCUT2D eigenvalue weighted by Crippen LogP contribution is -2.11. The summed E-state index contributed by atoms with van der Waals surface area (Å²) in [5, 5.41) is 2.75. The highest BCUT2D eigenvalue weighted by Crippen LogP contribution is 2.11.